The van der Waals surface area contributed by atoms with Crippen LogP contribution in [0.3, 0.4) is 0 Å². The van der Waals surface area contributed by atoms with E-state index in [4.69, 9.17) is 5.11 Å². The molecule has 0 spiro atoms. The van der Waals surface area contributed by atoms with E-state index in [1.807, 2.05) is 0 Å². The highest BCUT2D eigenvalue weighted by Gasteiger charge is 2.39. The fourth-order valence-electron chi connectivity index (χ4n) is 1.40. The van der Waals surface area contributed by atoms with E-state index >= 15 is 0 Å². The first-order valence-electron chi connectivity index (χ1n) is 5.30. The molecule has 108 valence electrons. The first-order valence-corrected chi connectivity index (χ1v) is 6.09. The van der Waals surface area contributed by atoms with Gasteiger partial charge in [0, 0.05) is 10.0 Å². The molecule has 1 N–H and O–H groups in total. The van der Waals surface area contributed by atoms with Crippen LogP contribution in [0.5, 0.6) is 0 Å². The lowest BCUT2D eigenvalue weighted by atomic mass is 10.2. The highest BCUT2D eigenvalue weighted by molar-refractivity contribution is 9.10. The molecule has 0 aliphatic carbocycles. The van der Waals surface area contributed by atoms with Crippen LogP contribution in [0.2, 0.25) is 0 Å². The normalized spacial score (nSPS) is 13.5. The predicted octanol–water partition coefficient (Wildman–Crippen LogP) is 3.10. The molecule has 0 saturated carbocycles. The van der Waals surface area contributed by atoms with Gasteiger partial charge in [0.25, 0.3) is 0 Å². The second-order valence-electron chi connectivity index (χ2n) is 3.90. The summed E-state index contributed by atoms with van der Waals surface area (Å²) in [5, 5.41) is 12.4. The molecule has 1 atom stereocenters. The molecule has 4 nitrogen and oxygen atoms in total. The zero-order valence-electron chi connectivity index (χ0n) is 9.66. The number of alkyl halides is 3. The van der Waals surface area contributed by atoms with Crippen LogP contribution < -0.4 is 0 Å². The molecule has 0 fully saturated rings. The zero-order chi connectivity index (χ0) is 14.9. The quantitative estimate of drug-likeness (QED) is 0.860. The van der Waals surface area contributed by atoms with E-state index in [9.17, 15) is 17.6 Å². The van der Waals surface area contributed by atoms with Crippen LogP contribution >= 0.6 is 15.9 Å². The molecule has 0 amide bonds. The molecule has 1 heterocycles. The molecule has 0 bridgehead atoms. The lowest BCUT2D eigenvalue weighted by molar-refractivity contribution is -0.204. The van der Waals surface area contributed by atoms with Gasteiger partial charge in [-0.1, -0.05) is 21.1 Å². The van der Waals surface area contributed by atoms with Crippen molar-refractivity contribution >= 4 is 15.9 Å². The molecule has 9 heteroatoms. The van der Waals surface area contributed by atoms with Crippen molar-refractivity contribution in [2.75, 3.05) is 0 Å². The molecule has 1 aromatic heterocycles. The molecule has 0 aliphatic rings. The van der Waals surface area contributed by atoms with Gasteiger partial charge in [-0.05, 0) is 18.2 Å². The number of aromatic nitrogens is 2. The molecule has 2 rings (SSSR count). The van der Waals surface area contributed by atoms with Crippen molar-refractivity contribution < 1.29 is 27.2 Å². The summed E-state index contributed by atoms with van der Waals surface area (Å²) in [7, 11) is 0. The van der Waals surface area contributed by atoms with Gasteiger partial charge in [-0.3, -0.25) is 0 Å². The predicted molar refractivity (Wildman–Crippen MR) is 63.2 cm³/mol. The average molecular weight is 355 g/mol. The second-order valence-corrected chi connectivity index (χ2v) is 4.75. The van der Waals surface area contributed by atoms with E-state index in [0.29, 0.717) is 4.47 Å². The molecule has 0 aliphatic heterocycles. The van der Waals surface area contributed by atoms with Crippen LogP contribution in [-0.2, 0) is 6.42 Å². The molecule has 20 heavy (non-hydrogen) atoms. The van der Waals surface area contributed by atoms with E-state index in [-0.39, 0.29) is 17.3 Å². The van der Waals surface area contributed by atoms with Gasteiger partial charge in [0.05, 0.1) is 6.42 Å². The van der Waals surface area contributed by atoms with Crippen molar-refractivity contribution in [3.63, 3.8) is 0 Å². The van der Waals surface area contributed by atoms with Crippen molar-refractivity contribution in [3.8, 4) is 11.4 Å². The van der Waals surface area contributed by atoms with Crippen LogP contribution in [0.25, 0.3) is 11.4 Å². The minimum absolute atomic E-state index is 0.0688. The molecular formula is C11H7BrF4N2O2. The number of nitrogens with zero attached hydrogens (tertiary/aromatic N) is 2. The number of benzene rings is 1. The number of aliphatic hydroxyl groups excluding tert-OH is 1. The summed E-state index contributed by atoms with van der Waals surface area (Å²) in [6.45, 7) is 0. The third-order valence-corrected chi connectivity index (χ3v) is 3.07. The van der Waals surface area contributed by atoms with E-state index in [1.165, 1.54) is 12.1 Å². The largest absolute Gasteiger partial charge is 0.414 e. The zero-order valence-corrected chi connectivity index (χ0v) is 11.2. The third kappa shape index (κ3) is 3.34. The highest BCUT2D eigenvalue weighted by Crippen LogP contribution is 2.28. The number of hydrogen-bond donors (Lipinski definition) is 1. The van der Waals surface area contributed by atoms with Gasteiger partial charge >= 0.3 is 6.18 Å². The fraction of sp³-hybridized carbons (Fsp3) is 0.273. The minimum Gasteiger partial charge on any atom is -0.383 e. The van der Waals surface area contributed by atoms with E-state index < -0.39 is 24.5 Å². The summed E-state index contributed by atoms with van der Waals surface area (Å²) in [5.74, 6) is -1.01. The van der Waals surface area contributed by atoms with E-state index in [1.54, 1.807) is 0 Å². The Morgan fingerprint density at radius 2 is 2.05 bits per heavy atom. The first-order chi connectivity index (χ1) is 9.27. The Balaban J connectivity index is 2.23. The lowest BCUT2D eigenvalue weighted by Crippen LogP contribution is -2.30. The van der Waals surface area contributed by atoms with Gasteiger partial charge in [-0.2, -0.15) is 18.2 Å². The van der Waals surface area contributed by atoms with E-state index in [2.05, 4.69) is 30.6 Å². The second kappa shape index (κ2) is 5.49. The fourth-order valence-corrected chi connectivity index (χ4v) is 1.82. The minimum atomic E-state index is -4.77. The van der Waals surface area contributed by atoms with Gasteiger partial charge in [0.15, 0.2) is 6.10 Å². The van der Waals surface area contributed by atoms with Crippen molar-refractivity contribution in [2.45, 2.75) is 18.7 Å². The summed E-state index contributed by atoms with van der Waals surface area (Å²) >= 11 is 3.14. The topological polar surface area (TPSA) is 59.2 Å². The maximum atomic E-state index is 13.1. The Hall–Kier alpha value is -1.48. The van der Waals surface area contributed by atoms with Crippen LogP contribution in [0.15, 0.2) is 27.2 Å². The van der Waals surface area contributed by atoms with Crippen molar-refractivity contribution in [2.24, 2.45) is 0 Å². The number of halogens is 5. The number of aliphatic hydroxyl groups is 1. The van der Waals surface area contributed by atoms with Gasteiger partial charge in [-0.25, -0.2) is 4.39 Å². The lowest BCUT2D eigenvalue weighted by Gasteiger charge is -2.11. The van der Waals surface area contributed by atoms with Gasteiger partial charge in [-0.15, -0.1) is 0 Å². The first kappa shape index (κ1) is 14.9. The average Bonchev–Trinajstić information content (AvgIpc) is 2.79. The smallest absolute Gasteiger partial charge is 0.383 e. The summed E-state index contributed by atoms with van der Waals surface area (Å²) < 4.78 is 54.7. The van der Waals surface area contributed by atoms with Gasteiger partial charge < -0.3 is 9.63 Å². The van der Waals surface area contributed by atoms with Crippen molar-refractivity contribution in [1.29, 1.82) is 0 Å². The maximum Gasteiger partial charge on any atom is 0.414 e. The summed E-state index contributed by atoms with van der Waals surface area (Å²) in [6.07, 6.45) is -8.22. The standard InChI is InChI=1S/C11H7BrF4N2O2/c12-7-2-1-5(13)3-6(7)10-17-9(20-18-10)4-8(19)11(14,15)16/h1-3,8,19H,4H2. The molecule has 1 aromatic carbocycles. The Kier molecular flexibility index (Phi) is 4.09. The van der Waals surface area contributed by atoms with Gasteiger partial charge in [0.2, 0.25) is 11.7 Å². The third-order valence-electron chi connectivity index (χ3n) is 2.38. The maximum absolute atomic E-state index is 13.1. The van der Waals surface area contributed by atoms with Crippen molar-refractivity contribution in [1.82, 2.24) is 10.1 Å². The Morgan fingerprint density at radius 1 is 1.35 bits per heavy atom. The molecule has 2 aromatic rings. The van der Waals surface area contributed by atoms with Gasteiger partial charge in [0.1, 0.15) is 5.82 Å². The molecule has 1 unspecified atom stereocenters. The Morgan fingerprint density at radius 3 is 2.70 bits per heavy atom. The van der Waals surface area contributed by atoms with Crippen LogP contribution in [0.4, 0.5) is 17.6 Å². The summed E-state index contributed by atoms with van der Waals surface area (Å²) in [5.41, 5.74) is 0.237. The number of rotatable bonds is 3. The SMILES string of the molecule is OC(Cc1nc(-c2cc(F)ccc2Br)no1)C(F)(F)F. The molecule has 0 radical (unpaired) electrons. The number of hydrogen-bond acceptors (Lipinski definition) is 4. The Bertz CT molecular complexity index is 615. The van der Waals surface area contributed by atoms with Crippen molar-refractivity contribution in [3.05, 3.63) is 34.4 Å². The summed E-state index contributed by atoms with van der Waals surface area (Å²) in [6, 6.07) is 3.71. The van der Waals surface area contributed by atoms with Crippen LogP contribution in [0, 0.1) is 5.82 Å². The highest BCUT2D eigenvalue weighted by atomic mass is 79.9. The van der Waals surface area contributed by atoms with Crippen LogP contribution in [-0.4, -0.2) is 27.5 Å². The van der Waals surface area contributed by atoms with E-state index in [0.717, 1.165) is 6.07 Å². The monoisotopic (exact) mass is 354 g/mol. The summed E-state index contributed by atoms with van der Waals surface area (Å²) in [4.78, 5) is 3.70. The molecular weight excluding hydrogens is 348 g/mol. The van der Waals surface area contributed by atoms with Crippen LogP contribution in [0.1, 0.15) is 5.89 Å². The molecule has 0 saturated heterocycles. The Labute approximate surface area is 118 Å².